The molecular formula is C46H34P4. The van der Waals surface area contributed by atoms with Crippen LogP contribution in [0, 0.1) is 0 Å². The zero-order valence-electron chi connectivity index (χ0n) is 27.3. The molecule has 0 nitrogen and oxygen atoms in total. The van der Waals surface area contributed by atoms with Crippen LogP contribution in [-0.4, -0.2) is 0 Å². The summed E-state index contributed by atoms with van der Waals surface area (Å²) in [6.45, 7) is 0. The topological polar surface area (TPSA) is 0 Å². The molecule has 4 atom stereocenters. The first-order chi connectivity index (χ1) is 24.8. The molecule has 0 saturated heterocycles. The van der Waals surface area contributed by atoms with E-state index >= 15 is 0 Å². The van der Waals surface area contributed by atoms with Gasteiger partial charge in [-0.25, -0.2) is 0 Å². The third-order valence-corrected chi connectivity index (χ3v) is 16.1. The second-order valence-electron chi connectivity index (χ2n) is 13.3. The van der Waals surface area contributed by atoms with Gasteiger partial charge in [0, 0.05) is 11.8 Å². The van der Waals surface area contributed by atoms with Crippen molar-refractivity contribution < 1.29 is 0 Å². The molecule has 6 aromatic carbocycles. The lowest BCUT2D eigenvalue weighted by Crippen LogP contribution is -2.05. The van der Waals surface area contributed by atoms with E-state index in [2.05, 4.69) is 170 Å². The van der Waals surface area contributed by atoms with Crippen molar-refractivity contribution in [2.75, 3.05) is 0 Å². The second-order valence-corrected chi connectivity index (χ2v) is 18.8. The summed E-state index contributed by atoms with van der Waals surface area (Å²) >= 11 is 0. The normalized spacial score (nSPS) is 13.7. The maximum Gasteiger partial charge on any atom is 0.0416 e. The van der Waals surface area contributed by atoms with E-state index in [9.17, 15) is 0 Å². The molecule has 0 saturated carbocycles. The molecular weight excluding hydrogens is 676 g/mol. The number of benzene rings is 6. The van der Waals surface area contributed by atoms with Crippen molar-refractivity contribution in [2.24, 2.45) is 0 Å². The van der Waals surface area contributed by atoms with Crippen LogP contribution in [0.4, 0.5) is 0 Å². The minimum atomic E-state index is 0.225. The van der Waals surface area contributed by atoms with Crippen LogP contribution in [0.5, 0.6) is 0 Å². The summed E-state index contributed by atoms with van der Waals surface area (Å²) in [7, 11) is 2.71. The summed E-state index contributed by atoms with van der Waals surface area (Å²) in [5, 5.41) is 17.5. The zero-order chi connectivity index (χ0) is 33.0. The van der Waals surface area contributed by atoms with Gasteiger partial charge in [0.15, 0.2) is 0 Å². The predicted octanol–water partition coefficient (Wildman–Crippen LogP) is 14.5. The smallest absolute Gasteiger partial charge is 0.0416 e. The number of rotatable bonds is 7. The molecule has 10 rings (SSSR count). The van der Waals surface area contributed by atoms with Crippen molar-refractivity contribution in [2.45, 2.75) is 11.8 Å². The molecule has 0 bridgehead atoms. The Morgan fingerprint density at radius 3 is 0.840 bits per heavy atom. The molecule has 4 heterocycles. The molecule has 4 heteroatoms. The van der Waals surface area contributed by atoms with Gasteiger partial charge >= 0.3 is 0 Å². The zero-order valence-corrected chi connectivity index (χ0v) is 31.3. The van der Waals surface area contributed by atoms with E-state index in [0.29, 0.717) is 32.8 Å². The van der Waals surface area contributed by atoms with E-state index in [-0.39, 0.29) is 11.8 Å². The average Bonchev–Trinajstić information content (AvgIpc) is 3.96. The fourth-order valence-corrected chi connectivity index (χ4v) is 14.2. The van der Waals surface area contributed by atoms with E-state index < -0.39 is 0 Å². The first-order valence-corrected chi connectivity index (χ1v) is 21.3. The quantitative estimate of drug-likeness (QED) is 0.154. The molecule has 10 aromatic rings. The van der Waals surface area contributed by atoms with Gasteiger partial charge in [0.05, 0.1) is 0 Å². The van der Waals surface area contributed by atoms with Gasteiger partial charge in [-0.15, -0.1) is 32.8 Å². The fraction of sp³-hybridized carbons (Fsp3) is 0.0435. The highest BCUT2D eigenvalue weighted by Crippen LogP contribution is 2.52. The van der Waals surface area contributed by atoms with Crippen LogP contribution in [-0.2, 0) is 0 Å². The first kappa shape index (κ1) is 30.3. The Kier molecular flexibility index (Phi) is 7.68. The molecule has 4 unspecified atom stereocenters. The molecule has 0 aliphatic rings. The highest BCUT2D eigenvalue weighted by atomic mass is 31.0. The fourth-order valence-electron chi connectivity index (χ4n) is 8.00. The maximum absolute atomic E-state index is 2.50. The molecule has 238 valence electrons. The highest BCUT2D eigenvalue weighted by Gasteiger charge is 2.27. The van der Waals surface area contributed by atoms with Gasteiger partial charge in [-0.2, -0.15) is 0 Å². The van der Waals surface area contributed by atoms with Crippen molar-refractivity contribution in [3.8, 4) is 11.1 Å². The monoisotopic (exact) mass is 710 g/mol. The van der Waals surface area contributed by atoms with E-state index in [0.717, 1.165) is 0 Å². The summed E-state index contributed by atoms with van der Waals surface area (Å²) in [4.78, 5) is 0. The Bertz CT molecular complexity index is 2330. The third kappa shape index (κ3) is 5.32. The number of hydrogen-bond donors (Lipinski definition) is 0. The van der Waals surface area contributed by atoms with Gasteiger partial charge in [-0.3, -0.25) is 0 Å². The van der Waals surface area contributed by atoms with Gasteiger partial charge in [0.1, 0.15) is 0 Å². The summed E-state index contributed by atoms with van der Waals surface area (Å²) in [6.07, 6.45) is 0. The van der Waals surface area contributed by atoms with Crippen molar-refractivity contribution in [3.05, 3.63) is 202 Å². The van der Waals surface area contributed by atoms with E-state index in [4.69, 9.17) is 0 Å². The number of fused-ring (bicyclic) bond motifs is 4. The van der Waals surface area contributed by atoms with Crippen LogP contribution in [0.15, 0.2) is 170 Å². The summed E-state index contributed by atoms with van der Waals surface area (Å²) in [5.41, 5.74) is 5.57. The molecule has 0 spiro atoms. The lowest BCUT2D eigenvalue weighted by molar-refractivity contribution is 1.02. The molecule has 0 aliphatic heterocycles. The Labute approximate surface area is 298 Å². The van der Waals surface area contributed by atoms with Gasteiger partial charge in [0.2, 0.25) is 0 Å². The number of hydrogen-bond acceptors (Lipinski definition) is 0. The largest absolute Gasteiger partial charge is 0.127 e. The SMILES string of the molecule is c1ccc(C(c2cc3ccccc3[pH]2)c2cc3ccccc3[pH]2)c(-c2ccccc2C(c2cc3ccccc3[pH]2)c2cc3ccccc3[pH]2)c1. The van der Waals surface area contributed by atoms with Crippen molar-refractivity contribution >= 4 is 74.8 Å². The van der Waals surface area contributed by atoms with Crippen LogP contribution in [0.2, 0.25) is 0 Å². The third-order valence-electron chi connectivity index (χ3n) is 10.3. The van der Waals surface area contributed by atoms with E-state index in [1.165, 1.54) is 85.5 Å². The Morgan fingerprint density at radius 1 is 0.280 bits per heavy atom. The second kappa shape index (κ2) is 12.7. The van der Waals surface area contributed by atoms with Gasteiger partial charge in [-0.1, -0.05) is 146 Å². The Morgan fingerprint density at radius 2 is 0.540 bits per heavy atom. The standard InChI is InChI=1S/C46H34P4/c1-9-21-37-29(13-1)25-41(47-37)45(42-26-30-14-2-10-22-38(30)48-42)35-19-7-5-17-33(35)34-18-6-8-20-36(34)46(43-27-31-15-3-11-23-39(31)49-43)44-28-32-16-4-12-24-40(32)50-44/h1-28,45-50H. The Hall–Kier alpha value is -4.52. The lowest BCUT2D eigenvalue weighted by atomic mass is 9.83. The Balaban J connectivity index is 1.21. The van der Waals surface area contributed by atoms with E-state index in [1.807, 2.05) is 0 Å². The van der Waals surface area contributed by atoms with Crippen LogP contribution in [0.25, 0.3) is 53.1 Å². The molecule has 0 N–H and O–H groups in total. The van der Waals surface area contributed by atoms with Crippen molar-refractivity contribution in [3.63, 3.8) is 0 Å². The van der Waals surface area contributed by atoms with Crippen LogP contribution in [0.3, 0.4) is 0 Å². The minimum Gasteiger partial charge on any atom is -0.127 e. The van der Waals surface area contributed by atoms with Crippen LogP contribution in [0.1, 0.15) is 44.1 Å². The summed E-state index contributed by atoms with van der Waals surface area (Å²) in [6, 6.07) is 64.6. The molecule has 50 heavy (non-hydrogen) atoms. The molecule has 0 radical (unpaired) electrons. The first-order valence-electron chi connectivity index (χ1n) is 17.3. The molecule has 0 amide bonds. The minimum absolute atomic E-state index is 0.225. The maximum atomic E-state index is 2.50. The van der Waals surface area contributed by atoms with Crippen molar-refractivity contribution in [1.82, 2.24) is 0 Å². The van der Waals surface area contributed by atoms with E-state index in [1.54, 1.807) is 0 Å². The van der Waals surface area contributed by atoms with Crippen LogP contribution < -0.4 is 0 Å². The summed E-state index contributed by atoms with van der Waals surface area (Å²) < 4.78 is 0. The van der Waals surface area contributed by atoms with Gasteiger partial charge in [0.25, 0.3) is 0 Å². The predicted molar refractivity (Wildman–Crippen MR) is 228 cm³/mol. The average molecular weight is 711 g/mol. The van der Waals surface area contributed by atoms with Crippen LogP contribution >= 0.6 is 32.8 Å². The van der Waals surface area contributed by atoms with Gasteiger partial charge in [-0.05, 0) is 110 Å². The lowest BCUT2D eigenvalue weighted by Gasteiger charge is -2.24. The van der Waals surface area contributed by atoms with Gasteiger partial charge < -0.3 is 0 Å². The summed E-state index contributed by atoms with van der Waals surface area (Å²) in [5.74, 6) is 0.450. The molecule has 0 fully saturated rings. The molecule has 0 aliphatic carbocycles. The van der Waals surface area contributed by atoms with Crippen molar-refractivity contribution in [1.29, 1.82) is 0 Å². The molecule has 4 aromatic heterocycles. The highest BCUT2D eigenvalue weighted by molar-refractivity contribution is 7.40.